The third-order valence-electron chi connectivity index (χ3n) is 2.77. The summed E-state index contributed by atoms with van der Waals surface area (Å²) in [5, 5.41) is 3.39. The summed E-state index contributed by atoms with van der Waals surface area (Å²) in [4.78, 5) is 0. The van der Waals surface area contributed by atoms with E-state index in [9.17, 15) is 0 Å². The minimum absolute atomic E-state index is 0.554. The minimum Gasteiger partial charge on any atom is -0.494 e. The van der Waals surface area contributed by atoms with Crippen LogP contribution >= 0.6 is 0 Å². The first-order valence-corrected chi connectivity index (χ1v) is 6.85. The smallest absolute Gasteiger partial charge is 0.119 e. The van der Waals surface area contributed by atoms with E-state index in [1.165, 1.54) is 0 Å². The van der Waals surface area contributed by atoms with Crippen LogP contribution < -0.4 is 14.8 Å². The largest absolute Gasteiger partial charge is 0.494 e. The summed E-state index contributed by atoms with van der Waals surface area (Å²) in [5.41, 5.74) is 0. The molecule has 0 spiro atoms. The molecule has 0 radical (unpaired) electrons. The molecule has 1 unspecified atom stereocenters. The second kappa shape index (κ2) is 8.81. The highest BCUT2D eigenvalue weighted by Crippen LogP contribution is 2.17. The molecule has 0 heterocycles. The van der Waals surface area contributed by atoms with E-state index in [1.54, 1.807) is 0 Å². The lowest BCUT2D eigenvalue weighted by Crippen LogP contribution is -2.29. The van der Waals surface area contributed by atoms with Crippen molar-refractivity contribution < 1.29 is 9.47 Å². The molecular weight excluding hydrogens is 226 g/mol. The SMILES string of the molecule is CCCOc1ccc(OCCNC(C)CC)cc1. The molecule has 1 rings (SSSR count). The van der Waals surface area contributed by atoms with Crippen molar-refractivity contribution in [2.24, 2.45) is 0 Å². The van der Waals surface area contributed by atoms with E-state index in [0.29, 0.717) is 12.6 Å². The Morgan fingerprint density at radius 2 is 1.56 bits per heavy atom. The number of rotatable bonds is 9. The van der Waals surface area contributed by atoms with Crippen molar-refractivity contribution in [2.45, 2.75) is 39.7 Å². The van der Waals surface area contributed by atoms with Gasteiger partial charge in [0.05, 0.1) is 6.61 Å². The quantitative estimate of drug-likeness (QED) is 0.683. The zero-order valence-corrected chi connectivity index (χ0v) is 11.7. The minimum atomic E-state index is 0.554. The fourth-order valence-corrected chi connectivity index (χ4v) is 1.47. The van der Waals surface area contributed by atoms with Gasteiger partial charge in [0.1, 0.15) is 18.1 Å². The van der Waals surface area contributed by atoms with Gasteiger partial charge in [0.15, 0.2) is 0 Å². The van der Waals surface area contributed by atoms with Gasteiger partial charge in [-0.2, -0.15) is 0 Å². The number of ether oxygens (including phenoxy) is 2. The summed E-state index contributed by atoms with van der Waals surface area (Å²) < 4.78 is 11.2. The Kier molecular flexibility index (Phi) is 7.26. The van der Waals surface area contributed by atoms with E-state index in [1.807, 2.05) is 24.3 Å². The predicted octanol–water partition coefficient (Wildman–Crippen LogP) is 3.24. The van der Waals surface area contributed by atoms with Crippen molar-refractivity contribution >= 4 is 0 Å². The molecule has 0 fully saturated rings. The Labute approximate surface area is 110 Å². The summed E-state index contributed by atoms with van der Waals surface area (Å²) in [6.45, 7) is 8.79. The summed E-state index contributed by atoms with van der Waals surface area (Å²) in [6, 6.07) is 8.36. The molecule has 0 bridgehead atoms. The molecular formula is C15H25NO2. The van der Waals surface area contributed by atoms with Gasteiger partial charge in [-0.05, 0) is 44.0 Å². The molecule has 1 N–H and O–H groups in total. The molecule has 0 saturated carbocycles. The molecule has 3 heteroatoms. The van der Waals surface area contributed by atoms with Crippen LogP contribution in [-0.4, -0.2) is 25.8 Å². The van der Waals surface area contributed by atoms with Gasteiger partial charge in [-0.25, -0.2) is 0 Å². The number of nitrogens with one attached hydrogen (secondary N) is 1. The van der Waals surface area contributed by atoms with Crippen molar-refractivity contribution in [3.63, 3.8) is 0 Å². The molecule has 102 valence electrons. The fraction of sp³-hybridized carbons (Fsp3) is 0.600. The molecule has 1 aromatic rings. The van der Waals surface area contributed by atoms with Crippen LogP contribution in [0.15, 0.2) is 24.3 Å². The van der Waals surface area contributed by atoms with Gasteiger partial charge >= 0.3 is 0 Å². The van der Waals surface area contributed by atoms with E-state index >= 15 is 0 Å². The Morgan fingerprint density at radius 3 is 2.06 bits per heavy atom. The topological polar surface area (TPSA) is 30.5 Å². The lowest BCUT2D eigenvalue weighted by molar-refractivity contribution is 0.302. The summed E-state index contributed by atoms with van der Waals surface area (Å²) >= 11 is 0. The van der Waals surface area contributed by atoms with Crippen molar-refractivity contribution in [1.29, 1.82) is 0 Å². The zero-order valence-electron chi connectivity index (χ0n) is 11.7. The molecule has 0 aliphatic rings. The molecule has 0 saturated heterocycles. The molecule has 0 aliphatic carbocycles. The van der Waals surface area contributed by atoms with Crippen molar-refractivity contribution in [3.05, 3.63) is 24.3 Å². The number of hydrogen-bond donors (Lipinski definition) is 1. The van der Waals surface area contributed by atoms with E-state index < -0.39 is 0 Å². The van der Waals surface area contributed by atoms with Crippen LogP contribution in [0.1, 0.15) is 33.6 Å². The van der Waals surface area contributed by atoms with E-state index in [-0.39, 0.29) is 0 Å². The van der Waals surface area contributed by atoms with Crippen LogP contribution in [0.25, 0.3) is 0 Å². The maximum absolute atomic E-state index is 5.64. The monoisotopic (exact) mass is 251 g/mol. The van der Waals surface area contributed by atoms with E-state index in [2.05, 4.69) is 26.1 Å². The standard InChI is InChI=1S/C15H25NO2/c1-4-11-17-14-6-8-15(9-7-14)18-12-10-16-13(3)5-2/h6-9,13,16H,4-5,10-12H2,1-3H3. The van der Waals surface area contributed by atoms with Gasteiger partial charge in [0, 0.05) is 12.6 Å². The summed E-state index contributed by atoms with van der Waals surface area (Å²) in [5.74, 6) is 1.80. The van der Waals surface area contributed by atoms with Crippen LogP contribution in [0.5, 0.6) is 11.5 Å². The average Bonchev–Trinajstić information content (AvgIpc) is 2.42. The number of benzene rings is 1. The number of hydrogen-bond acceptors (Lipinski definition) is 3. The highest BCUT2D eigenvalue weighted by atomic mass is 16.5. The Balaban J connectivity index is 2.22. The van der Waals surface area contributed by atoms with Crippen LogP contribution in [0.2, 0.25) is 0 Å². The normalized spacial score (nSPS) is 12.2. The Hall–Kier alpha value is -1.22. The Bertz CT molecular complexity index is 311. The maximum atomic E-state index is 5.64. The van der Waals surface area contributed by atoms with Crippen molar-refractivity contribution in [2.75, 3.05) is 19.8 Å². The molecule has 1 aromatic carbocycles. The molecule has 0 amide bonds. The van der Waals surface area contributed by atoms with E-state index in [4.69, 9.17) is 9.47 Å². The van der Waals surface area contributed by atoms with Gasteiger partial charge in [-0.15, -0.1) is 0 Å². The molecule has 3 nitrogen and oxygen atoms in total. The van der Waals surface area contributed by atoms with E-state index in [0.717, 1.165) is 37.5 Å². The van der Waals surface area contributed by atoms with Gasteiger partial charge in [0.2, 0.25) is 0 Å². The van der Waals surface area contributed by atoms with Gasteiger partial charge in [-0.3, -0.25) is 0 Å². The van der Waals surface area contributed by atoms with Gasteiger partial charge < -0.3 is 14.8 Å². The van der Waals surface area contributed by atoms with Gasteiger partial charge in [-0.1, -0.05) is 13.8 Å². The molecule has 0 aromatic heterocycles. The van der Waals surface area contributed by atoms with Crippen LogP contribution in [0, 0.1) is 0 Å². The van der Waals surface area contributed by atoms with Crippen LogP contribution in [0.4, 0.5) is 0 Å². The molecule has 0 aliphatic heterocycles. The summed E-state index contributed by atoms with van der Waals surface area (Å²) in [7, 11) is 0. The Morgan fingerprint density at radius 1 is 1.00 bits per heavy atom. The fourth-order valence-electron chi connectivity index (χ4n) is 1.47. The first-order valence-electron chi connectivity index (χ1n) is 6.85. The van der Waals surface area contributed by atoms with Crippen molar-refractivity contribution in [1.82, 2.24) is 5.32 Å². The predicted molar refractivity (Wildman–Crippen MR) is 75.5 cm³/mol. The summed E-state index contributed by atoms with van der Waals surface area (Å²) in [6.07, 6.45) is 2.17. The third kappa shape index (κ3) is 5.92. The van der Waals surface area contributed by atoms with Crippen LogP contribution in [0.3, 0.4) is 0 Å². The molecule has 1 atom stereocenters. The highest BCUT2D eigenvalue weighted by Gasteiger charge is 1.98. The first kappa shape index (κ1) is 14.8. The second-order valence-electron chi connectivity index (χ2n) is 4.43. The van der Waals surface area contributed by atoms with Crippen LogP contribution in [-0.2, 0) is 0 Å². The third-order valence-corrected chi connectivity index (χ3v) is 2.77. The lowest BCUT2D eigenvalue weighted by atomic mass is 10.3. The zero-order chi connectivity index (χ0) is 13.2. The van der Waals surface area contributed by atoms with Crippen molar-refractivity contribution in [3.8, 4) is 11.5 Å². The molecule has 18 heavy (non-hydrogen) atoms. The average molecular weight is 251 g/mol. The van der Waals surface area contributed by atoms with Gasteiger partial charge in [0.25, 0.3) is 0 Å². The first-order chi connectivity index (χ1) is 8.76. The maximum Gasteiger partial charge on any atom is 0.119 e. The highest BCUT2D eigenvalue weighted by molar-refractivity contribution is 5.31. The lowest BCUT2D eigenvalue weighted by Gasteiger charge is -2.12. The second-order valence-corrected chi connectivity index (χ2v) is 4.43.